The van der Waals surface area contributed by atoms with E-state index in [4.69, 9.17) is 0 Å². The minimum Gasteiger partial charge on any atom is -0.316 e. The van der Waals surface area contributed by atoms with Crippen LogP contribution in [0.1, 0.15) is 23.5 Å². The molecule has 1 nitrogen and oxygen atoms in total. The first-order valence-electron chi connectivity index (χ1n) is 4.64. The lowest BCUT2D eigenvalue weighted by Crippen LogP contribution is -2.08. The number of nitrogens with one attached hydrogen (secondary N) is 1. The van der Waals surface area contributed by atoms with Crippen LogP contribution in [0.2, 0.25) is 0 Å². The van der Waals surface area contributed by atoms with Crippen molar-refractivity contribution in [3.63, 3.8) is 0 Å². The molecule has 0 aromatic heterocycles. The fourth-order valence-corrected chi connectivity index (χ4v) is 1.96. The molecule has 1 heterocycles. The minimum atomic E-state index is 0. The number of aryl methyl sites for hydroxylation is 1. The third-order valence-electron chi connectivity index (χ3n) is 2.69. The van der Waals surface area contributed by atoms with Crippen LogP contribution in [0.15, 0.2) is 24.3 Å². The van der Waals surface area contributed by atoms with Gasteiger partial charge in [-0.15, -0.1) is 12.4 Å². The number of rotatable bonds is 1. The first-order chi connectivity index (χ1) is 5.88. The number of hydrogen-bond donors (Lipinski definition) is 1. The molecular formula is C11H16ClN. The fourth-order valence-electron chi connectivity index (χ4n) is 1.96. The Morgan fingerprint density at radius 2 is 2.08 bits per heavy atom. The standard InChI is InChI=1S/C11H15N.ClH/c1-9-4-2-3-5-11(9)10-6-7-12-8-10;/h2-5,10,12H,6-8H2,1H3;1H. The van der Waals surface area contributed by atoms with Gasteiger partial charge in [0, 0.05) is 6.54 Å². The summed E-state index contributed by atoms with van der Waals surface area (Å²) in [7, 11) is 0. The van der Waals surface area contributed by atoms with Gasteiger partial charge < -0.3 is 5.32 Å². The van der Waals surface area contributed by atoms with Gasteiger partial charge in [-0.05, 0) is 36.9 Å². The lowest BCUT2D eigenvalue weighted by Gasteiger charge is -2.11. The molecule has 0 saturated carbocycles. The van der Waals surface area contributed by atoms with Crippen LogP contribution in [0.25, 0.3) is 0 Å². The molecule has 1 aliphatic rings. The molecule has 0 aliphatic carbocycles. The molecule has 0 radical (unpaired) electrons. The molecular weight excluding hydrogens is 182 g/mol. The van der Waals surface area contributed by atoms with Gasteiger partial charge in [0.1, 0.15) is 0 Å². The fraction of sp³-hybridized carbons (Fsp3) is 0.455. The van der Waals surface area contributed by atoms with Gasteiger partial charge in [0.05, 0.1) is 0 Å². The molecule has 0 bridgehead atoms. The average Bonchev–Trinajstić information content (AvgIpc) is 2.57. The maximum Gasteiger partial charge on any atom is 0.00207 e. The van der Waals surface area contributed by atoms with E-state index in [-0.39, 0.29) is 12.4 Å². The van der Waals surface area contributed by atoms with E-state index in [2.05, 4.69) is 36.5 Å². The molecule has 1 aromatic rings. The highest BCUT2D eigenvalue weighted by Gasteiger charge is 2.17. The van der Waals surface area contributed by atoms with Gasteiger partial charge in [0.15, 0.2) is 0 Å². The third-order valence-corrected chi connectivity index (χ3v) is 2.69. The summed E-state index contributed by atoms with van der Waals surface area (Å²) in [5.74, 6) is 0.756. The van der Waals surface area contributed by atoms with Gasteiger partial charge in [-0.1, -0.05) is 24.3 Å². The Morgan fingerprint density at radius 1 is 1.31 bits per heavy atom. The molecule has 1 atom stereocenters. The summed E-state index contributed by atoms with van der Waals surface area (Å²) in [5.41, 5.74) is 2.97. The van der Waals surface area contributed by atoms with Crippen LogP contribution in [-0.4, -0.2) is 13.1 Å². The molecule has 2 heteroatoms. The average molecular weight is 198 g/mol. The zero-order valence-electron chi connectivity index (χ0n) is 7.92. The Bertz CT molecular complexity index is 267. The van der Waals surface area contributed by atoms with Gasteiger partial charge in [0.2, 0.25) is 0 Å². The van der Waals surface area contributed by atoms with Crippen molar-refractivity contribution in [2.75, 3.05) is 13.1 Å². The molecule has 1 aliphatic heterocycles. The molecule has 1 fully saturated rings. The lowest BCUT2D eigenvalue weighted by molar-refractivity contribution is 0.757. The van der Waals surface area contributed by atoms with Crippen molar-refractivity contribution < 1.29 is 0 Å². The predicted molar refractivity (Wildman–Crippen MR) is 58.7 cm³/mol. The van der Waals surface area contributed by atoms with E-state index in [0.29, 0.717) is 0 Å². The highest BCUT2D eigenvalue weighted by atomic mass is 35.5. The van der Waals surface area contributed by atoms with E-state index in [1.165, 1.54) is 24.1 Å². The van der Waals surface area contributed by atoms with Gasteiger partial charge in [-0.2, -0.15) is 0 Å². The zero-order chi connectivity index (χ0) is 8.39. The number of benzene rings is 1. The Morgan fingerprint density at radius 3 is 2.69 bits per heavy atom. The summed E-state index contributed by atoms with van der Waals surface area (Å²) in [4.78, 5) is 0. The summed E-state index contributed by atoms with van der Waals surface area (Å²) in [6.45, 7) is 4.54. The van der Waals surface area contributed by atoms with E-state index in [1.54, 1.807) is 0 Å². The number of hydrogen-bond acceptors (Lipinski definition) is 1. The van der Waals surface area contributed by atoms with Crippen LogP contribution in [0.3, 0.4) is 0 Å². The minimum absolute atomic E-state index is 0. The topological polar surface area (TPSA) is 12.0 Å². The Balaban J connectivity index is 0.000000845. The lowest BCUT2D eigenvalue weighted by atomic mass is 9.94. The highest BCUT2D eigenvalue weighted by Crippen LogP contribution is 2.24. The van der Waals surface area contributed by atoms with Crippen LogP contribution in [0.5, 0.6) is 0 Å². The summed E-state index contributed by atoms with van der Waals surface area (Å²) in [6.07, 6.45) is 1.30. The van der Waals surface area contributed by atoms with Gasteiger partial charge in [-0.3, -0.25) is 0 Å². The van der Waals surface area contributed by atoms with Crippen molar-refractivity contribution >= 4 is 12.4 Å². The van der Waals surface area contributed by atoms with Crippen molar-refractivity contribution in [1.82, 2.24) is 5.32 Å². The van der Waals surface area contributed by atoms with Gasteiger partial charge >= 0.3 is 0 Å². The predicted octanol–water partition coefficient (Wildman–Crippen LogP) is 2.49. The maximum atomic E-state index is 3.40. The van der Waals surface area contributed by atoms with Crippen LogP contribution in [0, 0.1) is 6.92 Å². The van der Waals surface area contributed by atoms with Gasteiger partial charge in [-0.25, -0.2) is 0 Å². The second-order valence-corrected chi connectivity index (χ2v) is 3.55. The van der Waals surface area contributed by atoms with Crippen molar-refractivity contribution in [2.24, 2.45) is 0 Å². The molecule has 1 N–H and O–H groups in total. The molecule has 72 valence electrons. The summed E-state index contributed by atoms with van der Waals surface area (Å²) in [6, 6.07) is 8.71. The zero-order valence-corrected chi connectivity index (χ0v) is 8.73. The van der Waals surface area contributed by atoms with E-state index in [1.807, 2.05) is 0 Å². The summed E-state index contributed by atoms with van der Waals surface area (Å²) < 4.78 is 0. The summed E-state index contributed by atoms with van der Waals surface area (Å²) >= 11 is 0. The van der Waals surface area contributed by atoms with Crippen LogP contribution < -0.4 is 5.32 Å². The SMILES string of the molecule is Cc1ccccc1C1CCNC1.Cl. The monoisotopic (exact) mass is 197 g/mol. The van der Waals surface area contributed by atoms with Crippen molar-refractivity contribution in [3.05, 3.63) is 35.4 Å². The first kappa shape index (κ1) is 10.6. The van der Waals surface area contributed by atoms with E-state index in [9.17, 15) is 0 Å². The quantitative estimate of drug-likeness (QED) is 0.730. The third kappa shape index (κ3) is 2.23. The van der Waals surface area contributed by atoms with Crippen LogP contribution in [0.4, 0.5) is 0 Å². The first-order valence-corrected chi connectivity index (χ1v) is 4.64. The van der Waals surface area contributed by atoms with E-state index in [0.717, 1.165) is 12.5 Å². The van der Waals surface area contributed by atoms with Crippen molar-refractivity contribution in [3.8, 4) is 0 Å². The Hall–Kier alpha value is -0.530. The molecule has 2 rings (SSSR count). The van der Waals surface area contributed by atoms with E-state index >= 15 is 0 Å². The molecule has 13 heavy (non-hydrogen) atoms. The second kappa shape index (κ2) is 4.64. The van der Waals surface area contributed by atoms with Crippen molar-refractivity contribution in [2.45, 2.75) is 19.3 Å². The molecule has 0 spiro atoms. The Labute approximate surface area is 86.0 Å². The normalized spacial score (nSPS) is 21.2. The Kier molecular flexibility index (Phi) is 3.76. The largest absolute Gasteiger partial charge is 0.316 e. The van der Waals surface area contributed by atoms with Gasteiger partial charge in [0.25, 0.3) is 0 Å². The molecule has 1 saturated heterocycles. The second-order valence-electron chi connectivity index (χ2n) is 3.55. The summed E-state index contributed by atoms with van der Waals surface area (Å²) in [5, 5.41) is 3.40. The highest BCUT2D eigenvalue weighted by molar-refractivity contribution is 5.85. The molecule has 1 unspecified atom stereocenters. The number of halogens is 1. The van der Waals surface area contributed by atoms with Crippen molar-refractivity contribution in [1.29, 1.82) is 0 Å². The smallest absolute Gasteiger partial charge is 0.00207 e. The maximum absolute atomic E-state index is 3.40. The van der Waals surface area contributed by atoms with E-state index < -0.39 is 0 Å². The van der Waals surface area contributed by atoms with Crippen LogP contribution in [-0.2, 0) is 0 Å². The molecule has 1 aromatic carbocycles. The molecule has 0 amide bonds. The van der Waals surface area contributed by atoms with Crippen LogP contribution >= 0.6 is 12.4 Å².